The lowest BCUT2D eigenvalue weighted by atomic mass is 10.0. The molecule has 3 rings (SSSR count). The van der Waals surface area contributed by atoms with Gasteiger partial charge in [-0.25, -0.2) is 9.78 Å². The van der Waals surface area contributed by atoms with Gasteiger partial charge in [0.05, 0.1) is 23.3 Å². The second-order valence-corrected chi connectivity index (χ2v) is 7.51. The second kappa shape index (κ2) is 6.57. The lowest BCUT2D eigenvalue weighted by Gasteiger charge is -2.22. The number of aromatic nitrogens is 1. The fraction of sp³-hybridized carbons (Fsp3) is 0.529. The maximum Gasteiger partial charge on any atom is 0.315 e. The summed E-state index contributed by atoms with van der Waals surface area (Å²) in [6.45, 7) is 5.38. The number of aliphatic hydroxyl groups is 1. The average molecular weight is 349 g/mol. The first kappa shape index (κ1) is 17.0. The number of hydrogen-bond donors (Lipinski definition) is 3. The van der Waals surface area contributed by atoms with E-state index in [-0.39, 0.29) is 18.6 Å². The minimum atomic E-state index is -1.26. The molecule has 2 aromatic rings. The van der Waals surface area contributed by atoms with Gasteiger partial charge in [-0.3, -0.25) is 0 Å². The number of nitrogens with one attached hydrogen (secondary N) is 2. The standard InChI is InChI=1S/C17H23N3O3S/c1-10-4-7-14(23-10)17(3,22)9-18-16(21)19-11(2)13-8-24-15(20-13)12-5-6-12/h4,7-8,11-12,22H,5-6,9H2,1-3H3,(H2,18,19,21)/t11-,17+/m1/s1. The molecule has 0 aromatic carbocycles. The molecule has 1 aliphatic carbocycles. The van der Waals surface area contributed by atoms with Crippen molar-refractivity contribution < 1.29 is 14.3 Å². The first-order valence-electron chi connectivity index (χ1n) is 8.14. The number of rotatable bonds is 6. The predicted octanol–water partition coefficient (Wildman–Crippen LogP) is 3.19. The Hall–Kier alpha value is -1.86. The number of nitrogens with zero attached hydrogens (tertiary/aromatic N) is 1. The highest BCUT2D eigenvalue weighted by molar-refractivity contribution is 7.09. The van der Waals surface area contributed by atoms with Gasteiger partial charge in [0, 0.05) is 11.3 Å². The van der Waals surface area contributed by atoms with Crippen LogP contribution in [0, 0.1) is 6.92 Å². The van der Waals surface area contributed by atoms with Crippen LogP contribution >= 0.6 is 11.3 Å². The molecule has 6 nitrogen and oxygen atoms in total. The van der Waals surface area contributed by atoms with Crippen molar-refractivity contribution in [2.75, 3.05) is 6.54 Å². The molecule has 2 heterocycles. The van der Waals surface area contributed by atoms with Crippen molar-refractivity contribution in [3.63, 3.8) is 0 Å². The number of urea groups is 1. The zero-order valence-corrected chi connectivity index (χ0v) is 14.9. The summed E-state index contributed by atoms with van der Waals surface area (Å²) in [6.07, 6.45) is 2.44. The van der Waals surface area contributed by atoms with Crippen LogP contribution in [0.5, 0.6) is 0 Å². The van der Waals surface area contributed by atoms with E-state index >= 15 is 0 Å². The van der Waals surface area contributed by atoms with Crippen LogP contribution in [-0.2, 0) is 5.60 Å². The van der Waals surface area contributed by atoms with Crippen LogP contribution in [0.3, 0.4) is 0 Å². The summed E-state index contributed by atoms with van der Waals surface area (Å²) in [6, 6.07) is 2.98. The van der Waals surface area contributed by atoms with Crippen LogP contribution in [-0.4, -0.2) is 22.7 Å². The third kappa shape index (κ3) is 3.96. The van der Waals surface area contributed by atoms with Crippen molar-refractivity contribution in [2.45, 2.75) is 51.2 Å². The van der Waals surface area contributed by atoms with E-state index in [4.69, 9.17) is 4.42 Å². The van der Waals surface area contributed by atoms with E-state index in [1.165, 1.54) is 12.8 Å². The highest BCUT2D eigenvalue weighted by Crippen LogP contribution is 2.41. The third-order valence-corrected chi connectivity index (χ3v) is 5.15. The topological polar surface area (TPSA) is 87.4 Å². The molecule has 130 valence electrons. The Morgan fingerprint density at radius 3 is 2.92 bits per heavy atom. The fourth-order valence-electron chi connectivity index (χ4n) is 2.40. The third-order valence-electron chi connectivity index (χ3n) is 4.12. The molecular weight excluding hydrogens is 326 g/mol. The Morgan fingerprint density at radius 2 is 2.29 bits per heavy atom. The molecule has 0 spiro atoms. The summed E-state index contributed by atoms with van der Waals surface area (Å²) in [5, 5.41) is 19.1. The van der Waals surface area contributed by atoms with Gasteiger partial charge in [0.15, 0.2) is 0 Å². The Morgan fingerprint density at radius 1 is 1.54 bits per heavy atom. The first-order valence-corrected chi connectivity index (χ1v) is 9.02. The van der Waals surface area contributed by atoms with Crippen LogP contribution in [0.25, 0.3) is 0 Å². The van der Waals surface area contributed by atoms with Crippen molar-refractivity contribution in [3.05, 3.63) is 39.7 Å². The van der Waals surface area contributed by atoms with Crippen molar-refractivity contribution in [1.82, 2.24) is 15.6 Å². The summed E-state index contributed by atoms with van der Waals surface area (Å²) < 4.78 is 5.43. The zero-order chi connectivity index (χ0) is 17.3. The van der Waals surface area contributed by atoms with E-state index in [1.807, 2.05) is 19.2 Å². The summed E-state index contributed by atoms with van der Waals surface area (Å²) in [5.41, 5.74) is -0.375. The lowest BCUT2D eigenvalue weighted by molar-refractivity contribution is 0.0359. The summed E-state index contributed by atoms with van der Waals surface area (Å²) in [4.78, 5) is 16.7. The molecule has 1 fully saturated rings. The number of furan rings is 1. The van der Waals surface area contributed by atoms with Crippen LogP contribution in [0.2, 0.25) is 0 Å². The van der Waals surface area contributed by atoms with Gasteiger partial charge in [0.2, 0.25) is 0 Å². The van der Waals surface area contributed by atoms with Crippen molar-refractivity contribution in [3.8, 4) is 0 Å². The molecule has 0 radical (unpaired) electrons. The maximum absolute atomic E-state index is 12.1. The number of amides is 2. The molecule has 2 amide bonds. The molecule has 7 heteroatoms. The molecule has 0 bridgehead atoms. The predicted molar refractivity (Wildman–Crippen MR) is 92.1 cm³/mol. The van der Waals surface area contributed by atoms with Crippen LogP contribution < -0.4 is 10.6 Å². The van der Waals surface area contributed by atoms with Crippen LogP contribution in [0.4, 0.5) is 4.79 Å². The smallest absolute Gasteiger partial charge is 0.315 e. The molecule has 0 saturated heterocycles. The zero-order valence-electron chi connectivity index (χ0n) is 14.1. The maximum atomic E-state index is 12.1. The minimum Gasteiger partial charge on any atom is -0.463 e. The van der Waals surface area contributed by atoms with Crippen molar-refractivity contribution >= 4 is 17.4 Å². The Balaban J connectivity index is 1.51. The lowest BCUT2D eigenvalue weighted by Crippen LogP contribution is -2.44. The number of hydrogen-bond acceptors (Lipinski definition) is 5. The van der Waals surface area contributed by atoms with E-state index in [9.17, 15) is 9.90 Å². The molecule has 1 aliphatic rings. The second-order valence-electron chi connectivity index (χ2n) is 6.62. The van der Waals surface area contributed by atoms with E-state index in [0.29, 0.717) is 11.7 Å². The van der Waals surface area contributed by atoms with Crippen molar-refractivity contribution in [2.24, 2.45) is 0 Å². The Labute approximate surface area is 145 Å². The highest BCUT2D eigenvalue weighted by atomic mass is 32.1. The van der Waals surface area contributed by atoms with Gasteiger partial charge in [-0.2, -0.15) is 0 Å². The van der Waals surface area contributed by atoms with Gasteiger partial charge in [-0.05, 0) is 45.7 Å². The quantitative estimate of drug-likeness (QED) is 0.747. The van der Waals surface area contributed by atoms with Crippen molar-refractivity contribution in [1.29, 1.82) is 0 Å². The molecule has 2 atom stereocenters. The van der Waals surface area contributed by atoms with Gasteiger partial charge >= 0.3 is 6.03 Å². The normalized spacial score (nSPS) is 18.0. The average Bonchev–Trinajstić information content (AvgIpc) is 3.08. The molecule has 0 aliphatic heterocycles. The highest BCUT2D eigenvalue weighted by Gasteiger charge is 2.29. The summed E-state index contributed by atoms with van der Waals surface area (Å²) >= 11 is 1.66. The first-order chi connectivity index (χ1) is 11.3. The minimum absolute atomic E-state index is 0.0584. The van der Waals surface area contributed by atoms with E-state index in [1.54, 1.807) is 30.4 Å². The number of aryl methyl sites for hydroxylation is 1. The van der Waals surface area contributed by atoms with Gasteiger partial charge in [-0.15, -0.1) is 11.3 Å². The summed E-state index contributed by atoms with van der Waals surface area (Å²) in [7, 11) is 0. The van der Waals surface area contributed by atoms with Gasteiger partial charge in [-0.1, -0.05) is 0 Å². The number of thiazole rings is 1. The SMILES string of the molecule is Cc1ccc([C@@](C)(O)CNC(=O)N[C@H](C)c2csc(C3CC3)n2)o1. The fourth-order valence-corrected chi connectivity index (χ4v) is 3.49. The Kier molecular flexibility index (Phi) is 4.64. The number of carbonyl (C=O) groups is 1. The monoisotopic (exact) mass is 349 g/mol. The largest absolute Gasteiger partial charge is 0.463 e. The molecule has 2 aromatic heterocycles. The van der Waals surface area contributed by atoms with Gasteiger partial charge in [0.25, 0.3) is 0 Å². The van der Waals surface area contributed by atoms with Gasteiger partial charge in [0.1, 0.15) is 17.1 Å². The van der Waals surface area contributed by atoms with Crippen LogP contribution in [0.1, 0.15) is 60.9 Å². The number of carbonyl (C=O) groups excluding carboxylic acids is 1. The molecule has 1 saturated carbocycles. The Bertz CT molecular complexity index is 718. The summed E-state index contributed by atoms with van der Waals surface area (Å²) in [5.74, 6) is 1.77. The van der Waals surface area contributed by atoms with E-state index in [2.05, 4.69) is 15.6 Å². The molecule has 3 N–H and O–H groups in total. The molecular formula is C17H23N3O3S. The molecule has 24 heavy (non-hydrogen) atoms. The van der Waals surface area contributed by atoms with E-state index in [0.717, 1.165) is 16.5 Å². The van der Waals surface area contributed by atoms with E-state index < -0.39 is 5.60 Å². The van der Waals surface area contributed by atoms with Gasteiger partial charge < -0.3 is 20.2 Å². The van der Waals surface area contributed by atoms with Crippen LogP contribution in [0.15, 0.2) is 21.9 Å². The molecule has 0 unspecified atom stereocenters.